The molecule has 0 spiro atoms. The van der Waals surface area contributed by atoms with E-state index in [9.17, 15) is 4.79 Å². The van der Waals surface area contributed by atoms with Gasteiger partial charge >= 0.3 is 6.01 Å². The van der Waals surface area contributed by atoms with E-state index in [4.69, 9.17) is 13.9 Å². The molecule has 0 aliphatic carbocycles. The third kappa shape index (κ3) is 2.61. The molecule has 1 aromatic heterocycles. The average molecular weight is 273 g/mol. The van der Waals surface area contributed by atoms with E-state index < -0.39 is 5.91 Å². The number of rotatable bonds is 3. The van der Waals surface area contributed by atoms with Crippen LogP contribution in [-0.2, 0) is 14.3 Å². The summed E-state index contributed by atoms with van der Waals surface area (Å²) in [7, 11) is 0. The Morgan fingerprint density at radius 2 is 2.00 bits per heavy atom. The topological polar surface area (TPSA) is 86.5 Å². The van der Waals surface area contributed by atoms with Crippen LogP contribution in [0.2, 0.25) is 0 Å². The van der Waals surface area contributed by atoms with Crippen molar-refractivity contribution in [2.45, 2.75) is 0 Å². The highest BCUT2D eigenvalue weighted by molar-refractivity contribution is 6.00. The molecule has 7 heteroatoms. The number of hydrogen-bond acceptors (Lipinski definition) is 6. The first-order valence-electron chi connectivity index (χ1n) is 5.98. The number of nitrogens with one attached hydrogen (secondary N) is 1. The highest BCUT2D eigenvalue weighted by Gasteiger charge is 2.18. The van der Waals surface area contributed by atoms with Crippen LogP contribution in [0.25, 0.3) is 11.5 Å². The highest BCUT2D eigenvalue weighted by Crippen LogP contribution is 2.19. The van der Waals surface area contributed by atoms with Crippen LogP contribution >= 0.6 is 0 Å². The Bertz CT molecular complexity index is 636. The van der Waals surface area contributed by atoms with E-state index in [0.717, 1.165) is 5.56 Å². The zero-order valence-electron chi connectivity index (χ0n) is 10.4. The van der Waals surface area contributed by atoms with E-state index in [0.29, 0.717) is 19.1 Å². The van der Waals surface area contributed by atoms with Crippen molar-refractivity contribution >= 4 is 11.9 Å². The first-order chi connectivity index (χ1) is 9.83. The Morgan fingerprint density at radius 1 is 1.15 bits per heavy atom. The molecule has 1 aromatic carbocycles. The number of ether oxygens (including phenoxy) is 2. The van der Waals surface area contributed by atoms with Gasteiger partial charge < -0.3 is 13.9 Å². The van der Waals surface area contributed by atoms with Crippen LogP contribution < -0.4 is 5.32 Å². The van der Waals surface area contributed by atoms with Crippen molar-refractivity contribution in [1.82, 2.24) is 10.2 Å². The Labute approximate surface area is 114 Å². The standard InChI is InChI=1S/C13H11N3O4/c17-11(10-8-18-6-7-19-10)14-13-16-15-12(20-13)9-4-2-1-3-5-9/h1-5,8H,6-7H2,(H,14,16,17). The zero-order chi connectivity index (χ0) is 13.8. The molecule has 1 N–H and O–H groups in total. The van der Waals surface area contributed by atoms with Crippen LogP contribution in [0, 0.1) is 0 Å². The van der Waals surface area contributed by atoms with Crippen molar-refractivity contribution in [3.8, 4) is 11.5 Å². The lowest BCUT2D eigenvalue weighted by molar-refractivity contribution is -0.117. The number of amides is 1. The van der Waals surface area contributed by atoms with Crippen molar-refractivity contribution < 1.29 is 18.7 Å². The molecule has 0 saturated carbocycles. The maximum absolute atomic E-state index is 11.8. The molecule has 7 nitrogen and oxygen atoms in total. The third-order valence-corrected chi connectivity index (χ3v) is 2.54. The van der Waals surface area contributed by atoms with Crippen LogP contribution in [0.15, 0.2) is 46.8 Å². The van der Waals surface area contributed by atoms with Gasteiger partial charge in [-0.15, -0.1) is 5.10 Å². The minimum absolute atomic E-state index is 0.00364. The van der Waals surface area contributed by atoms with Gasteiger partial charge in [0.2, 0.25) is 11.6 Å². The van der Waals surface area contributed by atoms with E-state index >= 15 is 0 Å². The minimum atomic E-state index is -0.493. The van der Waals surface area contributed by atoms with Gasteiger partial charge in [-0.3, -0.25) is 10.1 Å². The van der Waals surface area contributed by atoms with Crippen LogP contribution in [0.3, 0.4) is 0 Å². The molecule has 0 unspecified atom stereocenters. The smallest absolute Gasteiger partial charge is 0.322 e. The molecule has 0 saturated heterocycles. The second-order valence-electron chi connectivity index (χ2n) is 3.93. The molecule has 2 heterocycles. The molecule has 20 heavy (non-hydrogen) atoms. The van der Waals surface area contributed by atoms with Crippen LogP contribution in [0.4, 0.5) is 6.01 Å². The fourth-order valence-electron chi connectivity index (χ4n) is 1.62. The first kappa shape index (κ1) is 12.2. The lowest BCUT2D eigenvalue weighted by Crippen LogP contribution is -2.21. The SMILES string of the molecule is O=C(Nc1nnc(-c2ccccc2)o1)C1=COCCO1. The van der Waals surface area contributed by atoms with Crippen molar-refractivity contribution in [2.24, 2.45) is 0 Å². The molecule has 0 fully saturated rings. The maximum atomic E-state index is 11.8. The summed E-state index contributed by atoms with van der Waals surface area (Å²) in [5.74, 6) is -0.0839. The Kier molecular flexibility index (Phi) is 3.32. The number of carbonyl (C=O) groups is 1. The molecular weight excluding hydrogens is 262 g/mol. The molecule has 3 rings (SSSR count). The maximum Gasteiger partial charge on any atom is 0.322 e. The summed E-state index contributed by atoms with van der Waals surface area (Å²) < 4.78 is 15.5. The lowest BCUT2D eigenvalue weighted by atomic mass is 10.2. The summed E-state index contributed by atoms with van der Waals surface area (Å²) in [6, 6.07) is 9.27. The van der Waals surface area contributed by atoms with Crippen LogP contribution in [-0.4, -0.2) is 29.3 Å². The Hall–Kier alpha value is -2.83. The summed E-state index contributed by atoms with van der Waals surface area (Å²) >= 11 is 0. The first-order valence-corrected chi connectivity index (χ1v) is 5.98. The summed E-state index contributed by atoms with van der Waals surface area (Å²) in [5, 5.41) is 10.1. The Morgan fingerprint density at radius 3 is 2.75 bits per heavy atom. The molecule has 0 bridgehead atoms. The largest absolute Gasteiger partial charge is 0.494 e. The molecule has 1 aliphatic rings. The van der Waals surface area contributed by atoms with Crippen LogP contribution in [0.5, 0.6) is 0 Å². The summed E-state index contributed by atoms with van der Waals surface area (Å²) in [6.45, 7) is 0.758. The third-order valence-electron chi connectivity index (χ3n) is 2.54. The zero-order valence-corrected chi connectivity index (χ0v) is 10.4. The summed E-state index contributed by atoms with van der Waals surface area (Å²) in [5.41, 5.74) is 0.775. The van der Waals surface area contributed by atoms with Gasteiger partial charge in [-0.2, -0.15) is 0 Å². The van der Waals surface area contributed by atoms with Crippen molar-refractivity contribution in [3.63, 3.8) is 0 Å². The average Bonchev–Trinajstić information content (AvgIpc) is 2.97. The summed E-state index contributed by atoms with van der Waals surface area (Å²) in [4.78, 5) is 11.8. The van der Waals surface area contributed by atoms with Crippen molar-refractivity contribution in [1.29, 1.82) is 0 Å². The molecule has 1 amide bonds. The fraction of sp³-hybridized carbons (Fsp3) is 0.154. The van der Waals surface area contributed by atoms with E-state index in [2.05, 4.69) is 15.5 Å². The second kappa shape index (κ2) is 5.43. The quantitative estimate of drug-likeness (QED) is 0.913. The number of anilines is 1. The fourth-order valence-corrected chi connectivity index (χ4v) is 1.62. The van der Waals surface area contributed by atoms with Gasteiger partial charge in [0, 0.05) is 5.56 Å². The number of hydrogen-bond donors (Lipinski definition) is 1. The van der Waals surface area contributed by atoms with E-state index in [-0.39, 0.29) is 11.8 Å². The molecule has 1 aliphatic heterocycles. The highest BCUT2D eigenvalue weighted by atomic mass is 16.6. The second-order valence-corrected chi connectivity index (χ2v) is 3.93. The lowest BCUT2D eigenvalue weighted by Gasteiger charge is -2.13. The normalized spacial score (nSPS) is 13.9. The predicted octanol–water partition coefficient (Wildman–Crippen LogP) is 1.56. The number of aromatic nitrogens is 2. The minimum Gasteiger partial charge on any atom is -0.494 e. The molecule has 2 aromatic rings. The van der Waals surface area contributed by atoms with Crippen molar-refractivity contribution in [3.05, 3.63) is 42.4 Å². The van der Waals surface area contributed by atoms with E-state index in [1.165, 1.54) is 6.26 Å². The number of benzene rings is 1. The van der Waals surface area contributed by atoms with E-state index in [1.807, 2.05) is 30.3 Å². The predicted molar refractivity (Wildman–Crippen MR) is 68.4 cm³/mol. The molecular formula is C13H11N3O4. The number of carbonyl (C=O) groups excluding carboxylic acids is 1. The van der Waals surface area contributed by atoms with Crippen LogP contribution in [0.1, 0.15) is 0 Å². The monoisotopic (exact) mass is 273 g/mol. The van der Waals surface area contributed by atoms with Gasteiger partial charge in [-0.25, -0.2) is 0 Å². The van der Waals surface area contributed by atoms with Gasteiger partial charge in [-0.1, -0.05) is 23.3 Å². The molecule has 102 valence electrons. The van der Waals surface area contributed by atoms with E-state index in [1.54, 1.807) is 0 Å². The number of nitrogens with zero attached hydrogens (tertiary/aromatic N) is 2. The van der Waals surface area contributed by atoms with Gasteiger partial charge in [0.25, 0.3) is 5.91 Å². The van der Waals surface area contributed by atoms with Crippen molar-refractivity contribution in [2.75, 3.05) is 18.5 Å². The Balaban J connectivity index is 1.71. The molecule has 0 atom stereocenters. The molecule has 0 radical (unpaired) electrons. The van der Waals surface area contributed by atoms with Gasteiger partial charge in [0.15, 0.2) is 0 Å². The van der Waals surface area contributed by atoms with Gasteiger partial charge in [0.1, 0.15) is 19.5 Å². The summed E-state index contributed by atoms with van der Waals surface area (Å²) in [6.07, 6.45) is 1.26. The van der Waals surface area contributed by atoms with Gasteiger partial charge in [0.05, 0.1) is 0 Å². The van der Waals surface area contributed by atoms with Gasteiger partial charge in [-0.05, 0) is 12.1 Å².